The highest BCUT2D eigenvalue weighted by Gasteiger charge is 2.39. The fraction of sp³-hybridized carbons (Fsp3) is 0.600. The molecule has 2 saturated carbocycles. The fourth-order valence-corrected chi connectivity index (χ4v) is 4.05. The number of anilines is 1. The molecule has 3 atom stereocenters. The van der Waals surface area contributed by atoms with Crippen molar-refractivity contribution in [2.24, 2.45) is 17.8 Å². The number of aryl methyl sites for hydroxylation is 1. The smallest absolute Gasteiger partial charge is 0.137 e. The topological polar surface area (TPSA) is 12.0 Å². The normalized spacial score (nSPS) is 29.8. The molecule has 0 radical (unpaired) electrons. The Morgan fingerprint density at radius 2 is 2.17 bits per heavy atom. The number of hydrogen-bond donors (Lipinski definition) is 1. The van der Waals surface area contributed by atoms with Crippen molar-refractivity contribution in [2.75, 3.05) is 11.9 Å². The van der Waals surface area contributed by atoms with Crippen LogP contribution in [0.5, 0.6) is 0 Å². The zero-order chi connectivity index (χ0) is 12.7. The summed E-state index contributed by atoms with van der Waals surface area (Å²) in [5.41, 5.74) is 2.05. The van der Waals surface area contributed by atoms with Crippen LogP contribution in [0.4, 0.5) is 10.1 Å². The molecule has 18 heavy (non-hydrogen) atoms. The molecule has 1 aromatic carbocycles. The van der Waals surface area contributed by atoms with Crippen LogP contribution < -0.4 is 5.32 Å². The van der Waals surface area contributed by atoms with Gasteiger partial charge in [-0.1, -0.05) is 6.42 Å². The molecule has 0 aliphatic heterocycles. The molecule has 0 heterocycles. The first-order chi connectivity index (χ1) is 8.63. The molecule has 2 aliphatic rings. The minimum absolute atomic E-state index is 0.182. The summed E-state index contributed by atoms with van der Waals surface area (Å²) in [5, 5.41) is 3.51. The van der Waals surface area contributed by atoms with Crippen LogP contribution >= 0.6 is 15.9 Å². The minimum atomic E-state index is -0.182. The highest BCUT2D eigenvalue weighted by Crippen LogP contribution is 2.48. The number of halogens is 2. The number of benzene rings is 1. The van der Waals surface area contributed by atoms with E-state index >= 15 is 0 Å². The second-order valence-electron chi connectivity index (χ2n) is 5.90. The second kappa shape index (κ2) is 4.84. The summed E-state index contributed by atoms with van der Waals surface area (Å²) in [6.45, 7) is 3.00. The first-order valence-corrected chi connectivity index (χ1v) is 7.62. The highest BCUT2D eigenvalue weighted by atomic mass is 79.9. The van der Waals surface area contributed by atoms with E-state index in [1.807, 2.05) is 13.0 Å². The van der Waals surface area contributed by atoms with Crippen LogP contribution in [0.2, 0.25) is 0 Å². The summed E-state index contributed by atoms with van der Waals surface area (Å²) in [6.07, 6.45) is 5.70. The third-order valence-corrected chi connectivity index (χ3v) is 5.31. The monoisotopic (exact) mass is 311 g/mol. The van der Waals surface area contributed by atoms with E-state index in [4.69, 9.17) is 0 Å². The molecule has 0 saturated heterocycles. The molecule has 3 heteroatoms. The number of nitrogens with one attached hydrogen (secondary N) is 1. The molecular weight excluding hydrogens is 293 g/mol. The summed E-state index contributed by atoms with van der Waals surface area (Å²) in [6, 6.07) is 3.45. The van der Waals surface area contributed by atoms with Crippen molar-refractivity contribution in [3.8, 4) is 0 Å². The third kappa shape index (κ3) is 2.29. The second-order valence-corrected chi connectivity index (χ2v) is 6.75. The molecule has 0 aromatic heterocycles. The largest absolute Gasteiger partial charge is 0.385 e. The van der Waals surface area contributed by atoms with Gasteiger partial charge in [0, 0.05) is 12.2 Å². The van der Waals surface area contributed by atoms with Gasteiger partial charge in [-0.3, -0.25) is 0 Å². The average molecular weight is 312 g/mol. The Kier molecular flexibility index (Phi) is 3.35. The number of rotatable bonds is 3. The highest BCUT2D eigenvalue weighted by molar-refractivity contribution is 9.10. The van der Waals surface area contributed by atoms with Gasteiger partial charge in [0.15, 0.2) is 0 Å². The van der Waals surface area contributed by atoms with Gasteiger partial charge >= 0.3 is 0 Å². The average Bonchev–Trinajstić information content (AvgIpc) is 2.94. The van der Waals surface area contributed by atoms with Gasteiger partial charge in [-0.15, -0.1) is 0 Å². The molecule has 3 rings (SSSR count). The summed E-state index contributed by atoms with van der Waals surface area (Å²) in [4.78, 5) is 0. The van der Waals surface area contributed by atoms with E-state index in [1.54, 1.807) is 6.07 Å². The molecule has 3 unspecified atom stereocenters. The minimum Gasteiger partial charge on any atom is -0.385 e. The standard InChI is InChI=1S/C15H19BrFN/c1-9-4-14(17)13(16)7-15(9)18-8-12-6-10-2-3-11(12)5-10/h4,7,10-12,18H,2-3,5-6,8H2,1H3. The predicted molar refractivity (Wildman–Crippen MR) is 76.3 cm³/mol. The van der Waals surface area contributed by atoms with Gasteiger partial charge in [-0.2, -0.15) is 0 Å². The van der Waals surface area contributed by atoms with E-state index in [2.05, 4.69) is 21.2 Å². The van der Waals surface area contributed by atoms with Crippen molar-refractivity contribution in [3.63, 3.8) is 0 Å². The van der Waals surface area contributed by atoms with Crippen molar-refractivity contribution in [2.45, 2.75) is 32.6 Å². The molecule has 1 aromatic rings. The molecule has 0 spiro atoms. The Morgan fingerprint density at radius 3 is 2.83 bits per heavy atom. The van der Waals surface area contributed by atoms with Crippen molar-refractivity contribution in [1.29, 1.82) is 0 Å². The van der Waals surface area contributed by atoms with Crippen LogP contribution in [0.25, 0.3) is 0 Å². The van der Waals surface area contributed by atoms with Crippen LogP contribution in [0, 0.1) is 30.5 Å². The van der Waals surface area contributed by atoms with Crippen LogP contribution in [-0.2, 0) is 0 Å². The Balaban J connectivity index is 1.65. The van der Waals surface area contributed by atoms with Crippen LogP contribution in [0.15, 0.2) is 16.6 Å². The summed E-state index contributed by atoms with van der Waals surface area (Å²) in [5.74, 6) is 2.57. The molecule has 2 aliphatic carbocycles. The van der Waals surface area contributed by atoms with E-state index in [9.17, 15) is 4.39 Å². The van der Waals surface area contributed by atoms with Crippen molar-refractivity contribution < 1.29 is 4.39 Å². The SMILES string of the molecule is Cc1cc(F)c(Br)cc1NCC1CC2CCC1C2. The van der Waals surface area contributed by atoms with Gasteiger partial charge in [-0.05, 0) is 77.6 Å². The van der Waals surface area contributed by atoms with Crippen LogP contribution in [-0.4, -0.2) is 6.54 Å². The van der Waals surface area contributed by atoms with Gasteiger partial charge in [0.1, 0.15) is 5.82 Å². The summed E-state index contributed by atoms with van der Waals surface area (Å²) in [7, 11) is 0. The quantitative estimate of drug-likeness (QED) is 0.849. The molecule has 0 amide bonds. The van der Waals surface area contributed by atoms with E-state index in [0.717, 1.165) is 35.5 Å². The lowest BCUT2D eigenvalue weighted by atomic mass is 9.89. The van der Waals surface area contributed by atoms with Gasteiger partial charge < -0.3 is 5.32 Å². The number of hydrogen-bond acceptors (Lipinski definition) is 1. The fourth-order valence-electron chi connectivity index (χ4n) is 3.70. The molecule has 2 bridgehead atoms. The lowest BCUT2D eigenvalue weighted by molar-refractivity contribution is 0.348. The Morgan fingerprint density at radius 1 is 1.33 bits per heavy atom. The van der Waals surface area contributed by atoms with E-state index < -0.39 is 0 Å². The van der Waals surface area contributed by atoms with Gasteiger partial charge in [0.05, 0.1) is 4.47 Å². The predicted octanol–water partition coefficient (Wildman–Crippen LogP) is 4.74. The van der Waals surface area contributed by atoms with Gasteiger partial charge in [-0.25, -0.2) is 4.39 Å². The van der Waals surface area contributed by atoms with Gasteiger partial charge in [0.25, 0.3) is 0 Å². The zero-order valence-electron chi connectivity index (χ0n) is 10.7. The zero-order valence-corrected chi connectivity index (χ0v) is 12.3. The van der Waals surface area contributed by atoms with Crippen molar-refractivity contribution in [1.82, 2.24) is 0 Å². The summed E-state index contributed by atoms with van der Waals surface area (Å²) >= 11 is 3.25. The maximum absolute atomic E-state index is 13.3. The van der Waals surface area contributed by atoms with Gasteiger partial charge in [0.2, 0.25) is 0 Å². The number of fused-ring (bicyclic) bond motifs is 2. The molecule has 1 N–H and O–H groups in total. The summed E-state index contributed by atoms with van der Waals surface area (Å²) < 4.78 is 13.9. The van der Waals surface area contributed by atoms with Crippen LogP contribution in [0.3, 0.4) is 0 Å². The lowest BCUT2D eigenvalue weighted by Crippen LogP contribution is -2.20. The maximum atomic E-state index is 13.3. The Labute approximate surface area is 116 Å². The van der Waals surface area contributed by atoms with Crippen molar-refractivity contribution in [3.05, 3.63) is 28.0 Å². The van der Waals surface area contributed by atoms with E-state index in [-0.39, 0.29) is 5.82 Å². The van der Waals surface area contributed by atoms with E-state index in [0.29, 0.717) is 4.47 Å². The first kappa shape index (κ1) is 12.5. The van der Waals surface area contributed by atoms with Crippen molar-refractivity contribution >= 4 is 21.6 Å². The maximum Gasteiger partial charge on any atom is 0.137 e. The third-order valence-electron chi connectivity index (χ3n) is 4.71. The molecule has 2 fully saturated rings. The van der Waals surface area contributed by atoms with Crippen LogP contribution in [0.1, 0.15) is 31.2 Å². The Hall–Kier alpha value is -0.570. The Bertz CT molecular complexity index is 460. The molecule has 98 valence electrons. The lowest BCUT2D eigenvalue weighted by Gasteiger charge is -2.23. The molecular formula is C15H19BrFN. The van der Waals surface area contributed by atoms with E-state index in [1.165, 1.54) is 25.7 Å². The molecule has 1 nitrogen and oxygen atoms in total. The first-order valence-electron chi connectivity index (χ1n) is 6.83.